The molecule has 5 nitrogen and oxygen atoms in total. The van der Waals surface area contributed by atoms with Crippen LogP contribution < -0.4 is 10.6 Å². The van der Waals surface area contributed by atoms with Crippen molar-refractivity contribution < 1.29 is 26.7 Å². The molecule has 0 radical (unpaired) electrons. The van der Waals surface area contributed by atoms with Gasteiger partial charge in [0.05, 0.1) is 6.07 Å². The molecule has 2 aromatic rings. The first-order valence-electron chi connectivity index (χ1n) is 10.3. The number of carbonyl (C=O) groups is 1. The van der Waals surface area contributed by atoms with Crippen molar-refractivity contribution in [2.24, 2.45) is 11.8 Å². The SMILES string of the molecule is CC(C)C1CC1(N[C@@H](c1ccc(-c2ccncc2)cc1)C(F)(F)C(F)(F)F)C(=O)NCC#N. The summed E-state index contributed by atoms with van der Waals surface area (Å²) in [5.74, 6) is -6.53. The molecule has 0 spiro atoms. The molecule has 3 atom stereocenters. The van der Waals surface area contributed by atoms with Gasteiger partial charge in [-0.05, 0) is 47.1 Å². The fourth-order valence-corrected chi connectivity index (χ4v) is 4.08. The zero-order valence-corrected chi connectivity index (χ0v) is 18.0. The Hall–Kier alpha value is -3.06. The molecule has 1 aromatic heterocycles. The maximum Gasteiger partial charge on any atom is 0.455 e. The van der Waals surface area contributed by atoms with E-state index in [-0.39, 0.29) is 24.4 Å². The Labute approximate surface area is 188 Å². The average molecular weight is 466 g/mol. The number of hydrogen-bond acceptors (Lipinski definition) is 4. The van der Waals surface area contributed by atoms with Crippen LogP contribution in [0.3, 0.4) is 0 Å². The zero-order chi connectivity index (χ0) is 24.4. The number of nitriles is 1. The Morgan fingerprint density at radius 2 is 1.70 bits per heavy atom. The molecule has 10 heteroatoms. The van der Waals surface area contributed by atoms with Crippen LogP contribution in [0.2, 0.25) is 0 Å². The van der Waals surface area contributed by atoms with Gasteiger partial charge in [-0.25, -0.2) is 0 Å². The van der Waals surface area contributed by atoms with Gasteiger partial charge in [0.15, 0.2) is 0 Å². The largest absolute Gasteiger partial charge is 0.455 e. The first-order chi connectivity index (χ1) is 15.4. The van der Waals surface area contributed by atoms with Crippen molar-refractivity contribution in [2.75, 3.05) is 6.54 Å². The highest BCUT2D eigenvalue weighted by atomic mass is 19.4. The molecule has 176 valence electrons. The first-order valence-corrected chi connectivity index (χ1v) is 10.3. The Bertz CT molecular complexity index is 1020. The van der Waals surface area contributed by atoms with Gasteiger partial charge in [0.2, 0.25) is 5.91 Å². The number of aromatic nitrogens is 1. The number of benzene rings is 1. The van der Waals surface area contributed by atoms with Gasteiger partial charge in [-0.2, -0.15) is 27.2 Å². The van der Waals surface area contributed by atoms with Crippen LogP contribution in [0.15, 0.2) is 48.8 Å². The summed E-state index contributed by atoms with van der Waals surface area (Å²) < 4.78 is 69.7. The van der Waals surface area contributed by atoms with E-state index in [9.17, 15) is 26.7 Å². The van der Waals surface area contributed by atoms with Crippen LogP contribution in [0.4, 0.5) is 22.0 Å². The Morgan fingerprint density at radius 3 is 2.18 bits per heavy atom. The third-order valence-corrected chi connectivity index (χ3v) is 5.95. The highest BCUT2D eigenvalue weighted by Crippen LogP contribution is 2.53. The summed E-state index contributed by atoms with van der Waals surface area (Å²) in [6, 6.07) is 7.86. The molecule has 1 amide bonds. The third-order valence-electron chi connectivity index (χ3n) is 5.95. The van der Waals surface area contributed by atoms with Gasteiger partial charge in [0.25, 0.3) is 0 Å². The second-order valence-electron chi connectivity index (χ2n) is 8.42. The summed E-state index contributed by atoms with van der Waals surface area (Å²) >= 11 is 0. The Kier molecular flexibility index (Phi) is 6.75. The van der Waals surface area contributed by atoms with Crippen LogP contribution >= 0.6 is 0 Å². The molecule has 2 unspecified atom stereocenters. The minimum Gasteiger partial charge on any atom is -0.341 e. The lowest BCUT2D eigenvalue weighted by Gasteiger charge is -2.33. The molecular weight excluding hydrogens is 443 g/mol. The van der Waals surface area contributed by atoms with E-state index in [4.69, 9.17) is 5.26 Å². The molecule has 1 aliphatic carbocycles. The monoisotopic (exact) mass is 466 g/mol. The minimum absolute atomic E-state index is 0.0848. The molecule has 3 rings (SSSR count). The highest BCUT2D eigenvalue weighted by Gasteiger charge is 2.68. The van der Waals surface area contributed by atoms with Crippen LogP contribution in [-0.2, 0) is 4.79 Å². The number of carbonyl (C=O) groups excluding carboxylic acids is 1. The molecule has 0 aliphatic heterocycles. The summed E-state index contributed by atoms with van der Waals surface area (Å²) in [6.45, 7) is 3.13. The van der Waals surface area contributed by atoms with Gasteiger partial charge in [0, 0.05) is 12.4 Å². The molecule has 0 saturated heterocycles. The quantitative estimate of drug-likeness (QED) is 0.439. The Balaban J connectivity index is 2.00. The van der Waals surface area contributed by atoms with Gasteiger partial charge in [0.1, 0.15) is 18.1 Å². The van der Waals surface area contributed by atoms with Crippen molar-refractivity contribution in [1.82, 2.24) is 15.6 Å². The summed E-state index contributed by atoms with van der Waals surface area (Å²) in [7, 11) is 0. The third kappa shape index (κ3) is 4.83. The Morgan fingerprint density at radius 1 is 1.12 bits per heavy atom. The number of rotatable bonds is 8. The minimum atomic E-state index is -5.85. The smallest absolute Gasteiger partial charge is 0.341 e. The lowest BCUT2D eigenvalue weighted by atomic mass is 9.94. The van der Waals surface area contributed by atoms with Gasteiger partial charge in [-0.15, -0.1) is 0 Å². The summed E-state index contributed by atoms with van der Waals surface area (Å²) in [5, 5.41) is 13.4. The van der Waals surface area contributed by atoms with E-state index in [0.717, 1.165) is 5.56 Å². The fourth-order valence-electron chi connectivity index (χ4n) is 4.08. The molecule has 1 saturated carbocycles. The molecule has 0 bridgehead atoms. The number of hydrogen-bond donors (Lipinski definition) is 2. The molecule has 1 aliphatic rings. The van der Waals surface area contributed by atoms with E-state index < -0.39 is 35.5 Å². The number of nitrogens with zero attached hydrogens (tertiary/aromatic N) is 2. The average Bonchev–Trinajstić information content (AvgIpc) is 3.52. The summed E-state index contributed by atoms with van der Waals surface area (Å²) in [4.78, 5) is 16.6. The van der Waals surface area contributed by atoms with Crippen molar-refractivity contribution in [3.8, 4) is 17.2 Å². The van der Waals surface area contributed by atoms with Gasteiger partial charge < -0.3 is 5.32 Å². The molecule has 1 heterocycles. The van der Waals surface area contributed by atoms with Gasteiger partial charge in [-0.1, -0.05) is 38.1 Å². The number of amides is 1. The number of alkyl halides is 5. The van der Waals surface area contributed by atoms with Crippen molar-refractivity contribution in [1.29, 1.82) is 5.26 Å². The van der Waals surface area contributed by atoms with E-state index >= 15 is 0 Å². The lowest BCUT2D eigenvalue weighted by Crippen LogP contribution is -2.56. The maximum absolute atomic E-state index is 14.7. The van der Waals surface area contributed by atoms with E-state index in [0.29, 0.717) is 5.56 Å². The molecule has 2 N–H and O–H groups in total. The van der Waals surface area contributed by atoms with E-state index in [1.54, 1.807) is 32.0 Å². The van der Waals surface area contributed by atoms with Crippen LogP contribution in [0, 0.1) is 23.2 Å². The second-order valence-corrected chi connectivity index (χ2v) is 8.42. The van der Waals surface area contributed by atoms with Crippen molar-refractivity contribution in [3.05, 3.63) is 54.4 Å². The lowest BCUT2D eigenvalue weighted by molar-refractivity contribution is -0.295. The summed E-state index contributed by atoms with van der Waals surface area (Å²) in [6.07, 6.45) is -2.69. The predicted molar refractivity (Wildman–Crippen MR) is 111 cm³/mol. The zero-order valence-electron chi connectivity index (χ0n) is 18.0. The van der Waals surface area contributed by atoms with E-state index in [2.05, 4.69) is 15.6 Å². The van der Waals surface area contributed by atoms with Crippen molar-refractivity contribution in [2.45, 2.75) is 43.9 Å². The molecule has 33 heavy (non-hydrogen) atoms. The van der Waals surface area contributed by atoms with Gasteiger partial charge >= 0.3 is 12.1 Å². The van der Waals surface area contributed by atoms with Crippen LogP contribution in [0.1, 0.15) is 31.9 Å². The maximum atomic E-state index is 14.7. The standard InChI is InChI=1S/C23H23F5N4O/c1-14(2)18-13-21(18,20(33)31-12-9-29)32-19(22(24,25)23(26,27)28)17-5-3-15(4-6-17)16-7-10-30-11-8-16/h3-8,10-11,14,18-19,32H,12-13H2,1-2H3,(H,31,33)/t18?,19-,21?/m0/s1. The van der Waals surface area contributed by atoms with Crippen LogP contribution in [-0.4, -0.2) is 35.1 Å². The molecule has 1 aromatic carbocycles. The summed E-state index contributed by atoms with van der Waals surface area (Å²) in [5.41, 5.74) is -0.605. The van der Waals surface area contributed by atoms with Gasteiger partial charge in [-0.3, -0.25) is 15.1 Å². The second kappa shape index (κ2) is 9.06. The van der Waals surface area contributed by atoms with Crippen LogP contribution in [0.25, 0.3) is 11.1 Å². The number of pyridine rings is 1. The first kappa shape index (κ1) is 24.6. The van der Waals surface area contributed by atoms with Crippen LogP contribution in [0.5, 0.6) is 0 Å². The highest BCUT2D eigenvalue weighted by molar-refractivity contribution is 5.90. The number of nitrogens with one attached hydrogen (secondary N) is 2. The van der Waals surface area contributed by atoms with E-state index in [1.807, 2.05) is 0 Å². The molecular formula is C23H23F5N4O. The molecule has 1 fully saturated rings. The number of halogens is 5. The fraction of sp³-hybridized carbons (Fsp3) is 0.435. The van der Waals surface area contributed by atoms with Crippen molar-refractivity contribution >= 4 is 5.91 Å². The predicted octanol–water partition coefficient (Wildman–Crippen LogP) is 4.63. The normalized spacial score (nSPS) is 21.4. The van der Waals surface area contributed by atoms with E-state index in [1.165, 1.54) is 36.7 Å². The van der Waals surface area contributed by atoms with Crippen molar-refractivity contribution in [3.63, 3.8) is 0 Å². The topological polar surface area (TPSA) is 77.8 Å².